The van der Waals surface area contributed by atoms with Crippen molar-refractivity contribution in [1.29, 1.82) is 0 Å². The largest absolute Gasteiger partial charge is 0.409 e. The summed E-state index contributed by atoms with van der Waals surface area (Å²) in [5.41, 5.74) is 5.35. The summed E-state index contributed by atoms with van der Waals surface area (Å²) in [7, 11) is 0. The highest BCUT2D eigenvalue weighted by molar-refractivity contribution is 5.79. The summed E-state index contributed by atoms with van der Waals surface area (Å²) in [4.78, 5) is 0. The predicted octanol–water partition coefficient (Wildman–Crippen LogP) is 0.919. The number of nitrogens with one attached hydrogen (secondary N) is 1. The van der Waals surface area contributed by atoms with Crippen molar-refractivity contribution in [3.05, 3.63) is 0 Å². The van der Waals surface area contributed by atoms with Crippen LogP contribution in [0.1, 0.15) is 32.1 Å². The lowest BCUT2D eigenvalue weighted by Gasteiger charge is -2.05. The summed E-state index contributed by atoms with van der Waals surface area (Å²) in [5, 5.41) is 14.5. The second-order valence-corrected chi connectivity index (χ2v) is 4.32. The van der Waals surface area contributed by atoms with Crippen molar-refractivity contribution in [3.8, 4) is 0 Å². The van der Waals surface area contributed by atoms with Crippen LogP contribution in [0.25, 0.3) is 0 Å². The van der Waals surface area contributed by atoms with Gasteiger partial charge in [0.15, 0.2) is 0 Å². The minimum Gasteiger partial charge on any atom is -0.409 e. The highest BCUT2D eigenvalue weighted by atomic mass is 16.5. The Balaban J connectivity index is 1.70. The predicted molar refractivity (Wildman–Crippen MR) is 63.7 cm³/mol. The molecule has 0 atom stereocenters. The van der Waals surface area contributed by atoms with Crippen LogP contribution in [-0.2, 0) is 4.74 Å². The van der Waals surface area contributed by atoms with E-state index in [9.17, 15) is 0 Å². The molecule has 16 heavy (non-hydrogen) atoms. The molecule has 0 aliphatic heterocycles. The van der Waals surface area contributed by atoms with Crippen LogP contribution in [0.5, 0.6) is 0 Å². The second-order valence-electron chi connectivity index (χ2n) is 4.32. The van der Waals surface area contributed by atoms with Crippen molar-refractivity contribution in [2.75, 3.05) is 26.3 Å². The Kier molecular flexibility index (Phi) is 6.92. The summed E-state index contributed by atoms with van der Waals surface area (Å²) in [6.45, 7) is 3.61. The molecule has 0 saturated heterocycles. The van der Waals surface area contributed by atoms with Crippen LogP contribution >= 0.6 is 0 Å². The van der Waals surface area contributed by atoms with Crippen LogP contribution in [0.3, 0.4) is 0 Å². The Morgan fingerprint density at radius 1 is 1.38 bits per heavy atom. The van der Waals surface area contributed by atoms with Gasteiger partial charge in [-0.25, -0.2) is 0 Å². The number of unbranched alkanes of at least 4 members (excludes halogenated alkanes) is 1. The second kappa shape index (κ2) is 8.35. The summed E-state index contributed by atoms with van der Waals surface area (Å²) in [6, 6.07) is 0. The van der Waals surface area contributed by atoms with E-state index in [1.807, 2.05) is 0 Å². The first-order chi connectivity index (χ1) is 7.83. The molecule has 1 fully saturated rings. The van der Waals surface area contributed by atoms with Gasteiger partial charge in [0.1, 0.15) is 5.84 Å². The van der Waals surface area contributed by atoms with Gasteiger partial charge in [-0.3, -0.25) is 0 Å². The van der Waals surface area contributed by atoms with E-state index in [4.69, 9.17) is 15.7 Å². The van der Waals surface area contributed by atoms with Crippen molar-refractivity contribution >= 4 is 5.84 Å². The molecule has 1 rings (SSSR count). The summed E-state index contributed by atoms with van der Waals surface area (Å²) in [5.74, 6) is 1.16. The molecule has 5 heteroatoms. The van der Waals surface area contributed by atoms with Gasteiger partial charge in [-0.15, -0.1) is 0 Å². The fraction of sp³-hybridized carbons (Fsp3) is 0.909. The molecule has 0 bridgehead atoms. The fourth-order valence-electron chi connectivity index (χ4n) is 1.41. The zero-order valence-electron chi connectivity index (χ0n) is 9.82. The van der Waals surface area contributed by atoms with E-state index in [0.29, 0.717) is 12.3 Å². The standard InChI is InChI=1S/C11H23N3O2/c12-11(14-15)3-1-2-6-13-7-8-16-9-10-4-5-10/h10,13,15H,1-9H2,(H2,12,14). The van der Waals surface area contributed by atoms with Gasteiger partial charge in [-0.1, -0.05) is 5.16 Å². The highest BCUT2D eigenvalue weighted by Gasteiger charge is 2.20. The monoisotopic (exact) mass is 229 g/mol. The van der Waals surface area contributed by atoms with Crippen LogP contribution in [0.4, 0.5) is 0 Å². The molecule has 94 valence electrons. The number of nitrogens with two attached hydrogens (primary N) is 1. The van der Waals surface area contributed by atoms with Crippen LogP contribution < -0.4 is 11.1 Å². The maximum Gasteiger partial charge on any atom is 0.139 e. The number of ether oxygens (including phenoxy) is 1. The van der Waals surface area contributed by atoms with Gasteiger partial charge in [0, 0.05) is 19.6 Å². The molecule has 1 saturated carbocycles. The summed E-state index contributed by atoms with van der Waals surface area (Å²) < 4.78 is 5.49. The van der Waals surface area contributed by atoms with E-state index < -0.39 is 0 Å². The van der Waals surface area contributed by atoms with Gasteiger partial charge in [0.2, 0.25) is 0 Å². The van der Waals surface area contributed by atoms with Crippen LogP contribution in [-0.4, -0.2) is 37.3 Å². The van der Waals surface area contributed by atoms with Gasteiger partial charge in [0.05, 0.1) is 6.61 Å². The molecule has 0 amide bonds. The zero-order chi connectivity index (χ0) is 11.6. The van der Waals surface area contributed by atoms with E-state index in [1.54, 1.807) is 0 Å². The van der Waals surface area contributed by atoms with Crippen LogP contribution in [0.2, 0.25) is 0 Å². The molecule has 0 heterocycles. The van der Waals surface area contributed by atoms with Crippen molar-refractivity contribution in [3.63, 3.8) is 0 Å². The lowest BCUT2D eigenvalue weighted by Crippen LogP contribution is -2.21. The van der Waals surface area contributed by atoms with Gasteiger partial charge < -0.3 is 21.0 Å². The number of hydrogen-bond acceptors (Lipinski definition) is 4. The molecule has 1 aliphatic rings. The first-order valence-electron chi connectivity index (χ1n) is 6.08. The first kappa shape index (κ1) is 13.3. The van der Waals surface area contributed by atoms with Crippen LogP contribution in [0.15, 0.2) is 5.16 Å². The highest BCUT2D eigenvalue weighted by Crippen LogP contribution is 2.28. The van der Waals surface area contributed by atoms with E-state index >= 15 is 0 Å². The molecule has 0 unspecified atom stereocenters. The Morgan fingerprint density at radius 3 is 2.88 bits per heavy atom. The van der Waals surface area contributed by atoms with Gasteiger partial charge in [-0.05, 0) is 38.1 Å². The molecular formula is C11H23N3O2. The molecule has 0 radical (unpaired) electrons. The van der Waals surface area contributed by atoms with Crippen molar-refractivity contribution in [2.24, 2.45) is 16.8 Å². The minimum absolute atomic E-state index is 0.313. The Bertz CT molecular complexity index is 205. The third kappa shape index (κ3) is 7.48. The summed E-state index contributed by atoms with van der Waals surface area (Å²) in [6.07, 6.45) is 5.35. The smallest absolute Gasteiger partial charge is 0.139 e. The van der Waals surface area contributed by atoms with Gasteiger partial charge >= 0.3 is 0 Å². The van der Waals surface area contributed by atoms with Crippen molar-refractivity contribution in [2.45, 2.75) is 32.1 Å². The molecule has 4 N–H and O–H groups in total. The molecule has 0 aromatic heterocycles. The van der Waals surface area contributed by atoms with E-state index in [0.717, 1.165) is 45.1 Å². The lowest BCUT2D eigenvalue weighted by molar-refractivity contribution is 0.126. The van der Waals surface area contributed by atoms with E-state index in [1.165, 1.54) is 12.8 Å². The van der Waals surface area contributed by atoms with Gasteiger partial charge in [-0.2, -0.15) is 0 Å². The number of nitrogens with zero attached hydrogens (tertiary/aromatic N) is 1. The minimum atomic E-state index is 0.313. The maximum absolute atomic E-state index is 8.32. The van der Waals surface area contributed by atoms with Crippen molar-refractivity contribution < 1.29 is 9.94 Å². The molecule has 0 aromatic carbocycles. The molecule has 0 spiro atoms. The average Bonchev–Trinajstić information content (AvgIpc) is 3.10. The Morgan fingerprint density at radius 2 is 2.19 bits per heavy atom. The normalized spacial score (nSPS) is 16.6. The van der Waals surface area contributed by atoms with E-state index in [2.05, 4.69) is 10.5 Å². The SMILES string of the molecule is NC(CCCCNCCOCC1CC1)=NO. The lowest BCUT2D eigenvalue weighted by atomic mass is 10.2. The van der Waals surface area contributed by atoms with Gasteiger partial charge in [0.25, 0.3) is 0 Å². The third-order valence-electron chi connectivity index (χ3n) is 2.64. The maximum atomic E-state index is 8.32. The van der Waals surface area contributed by atoms with Crippen molar-refractivity contribution in [1.82, 2.24) is 5.32 Å². The number of amidine groups is 1. The summed E-state index contributed by atoms with van der Waals surface area (Å²) >= 11 is 0. The quantitative estimate of drug-likeness (QED) is 0.171. The molecular weight excluding hydrogens is 206 g/mol. The number of rotatable bonds is 10. The zero-order valence-corrected chi connectivity index (χ0v) is 9.82. The van der Waals surface area contributed by atoms with E-state index in [-0.39, 0.29) is 0 Å². The average molecular weight is 229 g/mol. The topological polar surface area (TPSA) is 79.9 Å². The number of oxime groups is 1. The molecule has 0 aromatic rings. The fourth-order valence-corrected chi connectivity index (χ4v) is 1.41. The molecule has 5 nitrogen and oxygen atoms in total. The third-order valence-corrected chi connectivity index (χ3v) is 2.64. The Hall–Kier alpha value is -0.810. The molecule has 1 aliphatic carbocycles. The first-order valence-corrected chi connectivity index (χ1v) is 6.08. The van der Waals surface area contributed by atoms with Crippen LogP contribution in [0, 0.1) is 5.92 Å². The number of hydrogen-bond donors (Lipinski definition) is 3. The Labute approximate surface area is 97.0 Å².